The van der Waals surface area contributed by atoms with E-state index in [4.69, 9.17) is 0 Å². The second-order valence-electron chi connectivity index (χ2n) is 5.17. The second-order valence-corrected chi connectivity index (χ2v) is 5.17. The number of hydrogen-bond donors (Lipinski definition) is 0. The Kier molecular flexibility index (Phi) is 3.60. The van der Waals surface area contributed by atoms with Crippen molar-refractivity contribution in [3.63, 3.8) is 0 Å². The third-order valence-corrected chi connectivity index (χ3v) is 3.98. The summed E-state index contributed by atoms with van der Waals surface area (Å²) >= 11 is 0. The van der Waals surface area contributed by atoms with Gasteiger partial charge in [0.05, 0.1) is 0 Å². The molecule has 1 aromatic carbocycles. The van der Waals surface area contributed by atoms with Crippen molar-refractivity contribution in [1.82, 2.24) is 9.88 Å². The maximum absolute atomic E-state index is 4.53. The molecule has 2 heterocycles. The van der Waals surface area contributed by atoms with Gasteiger partial charge in [-0.3, -0.25) is 9.88 Å². The minimum Gasteiger partial charge on any atom is -0.292 e. The van der Waals surface area contributed by atoms with E-state index in [2.05, 4.69) is 59.3 Å². The van der Waals surface area contributed by atoms with Crippen LogP contribution in [0.4, 0.5) is 0 Å². The van der Waals surface area contributed by atoms with Crippen molar-refractivity contribution in [3.05, 3.63) is 65.5 Å². The fraction of sp³-hybridized carbons (Fsp3) is 0.353. The first kappa shape index (κ1) is 12.4. The van der Waals surface area contributed by atoms with E-state index in [1.807, 2.05) is 6.20 Å². The average molecular weight is 252 g/mol. The largest absolute Gasteiger partial charge is 0.292 e. The SMILES string of the molecule is CCC1c2cccnc2CCN1Cc1ccccc1. The molecule has 2 nitrogen and oxygen atoms in total. The Morgan fingerprint density at radius 1 is 1.16 bits per heavy atom. The third kappa shape index (κ3) is 2.54. The quantitative estimate of drug-likeness (QED) is 0.830. The molecule has 2 heteroatoms. The lowest BCUT2D eigenvalue weighted by atomic mass is 9.94. The monoisotopic (exact) mass is 252 g/mol. The van der Waals surface area contributed by atoms with Crippen LogP contribution in [0.3, 0.4) is 0 Å². The van der Waals surface area contributed by atoms with Crippen LogP contribution in [0.15, 0.2) is 48.7 Å². The minimum atomic E-state index is 0.512. The zero-order valence-electron chi connectivity index (χ0n) is 11.4. The van der Waals surface area contributed by atoms with Crippen molar-refractivity contribution in [2.24, 2.45) is 0 Å². The van der Waals surface area contributed by atoms with Gasteiger partial charge in [-0.25, -0.2) is 0 Å². The lowest BCUT2D eigenvalue weighted by Crippen LogP contribution is -2.35. The molecule has 1 aromatic heterocycles. The van der Waals surface area contributed by atoms with Gasteiger partial charge in [-0.05, 0) is 23.6 Å². The molecule has 0 radical (unpaired) electrons. The molecule has 2 aromatic rings. The van der Waals surface area contributed by atoms with Crippen molar-refractivity contribution >= 4 is 0 Å². The Morgan fingerprint density at radius 3 is 2.79 bits per heavy atom. The average Bonchev–Trinajstić information content (AvgIpc) is 2.48. The molecule has 3 rings (SSSR count). The van der Waals surface area contributed by atoms with Crippen LogP contribution in [0.5, 0.6) is 0 Å². The molecule has 0 fully saturated rings. The zero-order valence-corrected chi connectivity index (χ0v) is 11.4. The predicted molar refractivity (Wildman–Crippen MR) is 77.8 cm³/mol. The number of hydrogen-bond acceptors (Lipinski definition) is 2. The summed E-state index contributed by atoms with van der Waals surface area (Å²) in [5, 5.41) is 0. The molecule has 0 aliphatic carbocycles. The normalized spacial score (nSPS) is 19.1. The van der Waals surface area contributed by atoms with Crippen molar-refractivity contribution < 1.29 is 0 Å². The molecule has 98 valence electrons. The smallest absolute Gasteiger partial charge is 0.0464 e. The summed E-state index contributed by atoms with van der Waals surface area (Å²) in [7, 11) is 0. The topological polar surface area (TPSA) is 16.1 Å². The van der Waals surface area contributed by atoms with E-state index in [1.54, 1.807) is 0 Å². The number of nitrogens with zero attached hydrogens (tertiary/aromatic N) is 2. The summed E-state index contributed by atoms with van der Waals surface area (Å²) in [6.07, 6.45) is 4.13. The van der Waals surface area contributed by atoms with Crippen LogP contribution < -0.4 is 0 Å². The first-order valence-corrected chi connectivity index (χ1v) is 7.10. The molecule has 0 spiro atoms. The Hall–Kier alpha value is -1.67. The van der Waals surface area contributed by atoms with Gasteiger partial charge >= 0.3 is 0 Å². The number of pyridine rings is 1. The first-order valence-electron chi connectivity index (χ1n) is 7.10. The van der Waals surface area contributed by atoms with Gasteiger partial charge in [-0.2, -0.15) is 0 Å². The fourth-order valence-corrected chi connectivity index (χ4v) is 3.05. The molecular formula is C17H20N2. The summed E-state index contributed by atoms with van der Waals surface area (Å²) in [5.74, 6) is 0. The van der Waals surface area contributed by atoms with Crippen LogP contribution in [0, 0.1) is 0 Å². The van der Waals surface area contributed by atoms with Crippen LogP contribution in [0.1, 0.15) is 36.2 Å². The van der Waals surface area contributed by atoms with Gasteiger partial charge in [0.1, 0.15) is 0 Å². The van der Waals surface area contributed by atoms with Gasteiger partial charge in [0, 0.05) is 37.4 Å². The van der Waals surface area contributed by atoms with Gasteiger partial charge in [-0.1, -0.05) is 43.3 Å². The summed E-state index contributed by atoms with van der Waals surface area (Å²) < 4.78 is 0. The molecule has 0 saturated heterocycles. The molecule has 0 saturated carbocycles. The van der Waals surface area contributed by atoms with Crippen molar-refractivity contribution in [2.45, 2.75) is 32.4 Å². The van der Waals surface area contributed by atoms with Gasteiger partial charge in [0.2, 0.25) is 0 Å². The molecular weight excluding hydrogens is 232 g/mol. The van der Waals surface area contributed by atoms with Gasteiger partial charge in [0.15, 0.2) is 0 Å². The van der Waals surface area contributed by atoms with E-state index in [-0.39, 0.29) is 0 Å². The molecule has 1 aliphatic rings. The highest BCUT2D eigenvalue weighted by Gasteiger charge is 2.26. The standard InChI is InChI=1S/C17H20N2/c1-2-17-15-9-6-11-18-16(15)10-12-19(17)13-14-7-4-3-5-8-14/h3-9,11,17H,2,10,12-13H2,1H3. The molecule has 0 amide bonds. The van der Waals surface area contributed by atoms with Crippen molar-refractivity contribution in [1.29, 1.82) is 0 Å². The Labute approximate surface area is 115 Å². The van der Waals surface area contributed by atoms with E-state index in [0.717, 1.165) is 25.9 Å². The molecule has 0 bridgehead atoms. The highest BCUT2D eigenvalue weighted by atomic mass is 15.2. The number of fused-ring (bicyclic) bond motifs is 1. The van der Waals surface area contributed by atoms with Crippen LogP contribution in [0.25, 0.3) is 0 Å². The number of rotatable bonds is 3. The Bertz CT molecular complexity index is 536. The fourth-order valence-electron chi connectivity index (χ4n) is 3.05. The van der Waals surface area contributed by atoms with E-state index in [9.17, 15) is 0 Å². The molecule has 1 unspecified atom stereocenters. The van der Waals surface area contributed by atoms with Crippen LogP contribution >= 0.6 is 0 Å². The lowest BCUT2D eigenvalue weighted by molar-refractivity contribution is 0.169. The molecule has 1 aliphatic heterocycles. The van der Waals surface area contributed by atoms with Crippen molar-refractivity contribution in [3.8, 4) is 0 Å². The van der Waals surface area contributed by atoms with E-state index < -0.39 is 0 Å². The van der Waals surface area contributed by atoms with Crippen LogP contribution in [-0.2, 0) is 13.0 Å². The van der Waals surface area contributed by atoms with E-state index in [0.29, 0.717) is 6.04 Å². The highest BCUT2D eigenvalue weighted by Crippen LogP contribution is 2.31. The van der Waals surface area contributed by atoms with E-state index in [1.165, 1.54) is 16.8 Å². The lowest BCUT2D eigenvalue weighted by Gasteiger charge is -2.36. The summed E-state index contributed by atoms with van der Waals surface area (Å²) in [6.45, 7) is 4.41. The summed E-state index contributed by atoms with van der Waals surface area (Å²) in [5.41, 5.74) is 4.11. The van der Waals surface area contributed by atoms with Gasteiger partial charge in [0.25, 0.3) is 0 Å². The van der Waals surface area contributed by atoms with Gasteiger partial charge < -0.3 is 0 Å². The van der Waals surface area contributed by atoms with Gasteiger partial charge in [-0.15, -0.1) is 0 Å². The number of aromatic nitrogens is 1. The molecule has 0 N–H and O–H groups in total. The summed E-state index contributed by atoms with van der Waals surface area (Å²) in [6, 6.07) is 15.6. The van der Waals surface area contributed by atoms with Crippen molar-refractivity contribution in [2.75, 3.05) is 6.54 Å². The van der Waals surface area contributed by atoms with Crippen LogP contribution in [-0.4, -0.2) is 16.4 Å². The maximum Gasteiger partial charge on any atom is 0.0464 e. The third-order valence-electron chi connectivity index (χ3n) is 3.98. The van der Waals surface area contributed by atoms with Crippen LogP contribution in [0.2, 0.25) is 0 Å². The Balaban J connectivity index is 1.84. The minimum absolute atomic E-state index is 0.512. The zero-order chi connectivity index (χ0) is 13.1. The first-order chi connectivity index (χ1) is 9.38. The number of benzene rings is 1. The molecule has 1 atom stereocenters. The maximum atomic E-state index is 4.53. The summed E-state index contributed by atoms with van der Waals surface area (Å²) in [4.78, 5) is 7.11. The Morgan fingerprint density at radius 2 is 2.00 bits per heavy atom. The highest BCUT2D eigenvalue weighted by molar-refractivity contribution is 5.27. The predicted octanol–water partition coefficient (Wildman–Crippen LogP) is 3.59. The van der Waals surface area contributed by atoms with E-state index >= 15 is 0 Å². The second kappa shape index (κ2) is 5.54. The molecule has 19 heavy (non-hydrogen) atoms.